The van der Waals surface area contributed by atoms with Crippen molar-refractivity contribution in [3.63, 3.8) is 0 Å². The molecule has 2 atom stereocenters. The number of hydrogen-bond acceptors (Lipinski definition) is 6. The fourth-order valence-corrected chi connectivity index (χ4v) is 3.90. The zero-order valence-corrected chi connectivity index (χ0v) is 12.8. The molecular weight excluding hydrogens is 294 g/mol. The van der Waals surface area contributed by atoms with Crippen molar-refractivity contribution >= 4 is 9.84 Å². The molecule has 0 amide bonds. The lowest BCUT2D eigenvalue weighted by Crippen LogP contribution is -2.30. The van der Waals surface area contributed by atoms with E-state index in [1.807, 2.05) is 18.2 Å². The van der Waals surface area contributed by atoms with E-state index in [1.54, 1.807) is 13.2 Å². The monoisotopic (exact) mass is 315 g/mol. The molecule has 118 valence electrons. The molecule has 0 spiro atoms. The molecule has 1 aromatic rings. The predicted molar refractivity (Wildman–Crippen MR) is 79.1 cm³/mol. The summed E-state index contributed by atoms with van der Waals surface area (Å²) in [6.45, 7) is 1.92. The molecule has 2 unspecified atom stereocenters. The number of hydrogen-bond donors (Lipinski definition) is 2. The van der Waals surface area contributed by atoms with Crippen molar-refractivity contribution in [1.82, 2.24) is 5.32 Å². The highest BCUT2D eigenvalue weighted by molar-refractivity contribution is 7.91. The van der Waals surface area contributed by atoms with Gasteiger partial charge in [-0.1, -0.05) is 18.2 Å². The molecule has 1 aliphatic rings. The number of benzene rings is 1. The average Bonchev–Trinajstić information content (AvgIpc) is 2.69. The number of nitrogens with one attached hydrogen (secondary N) is 1. The predicted octanol–water partition coefficient (Wildman–Crippen LogP) is -0.0407. The van der Waals surface area contributed by atoms with Crippen LogP contribution in [-0.4, -0.2) is 57.5 Å². The molecule has 7 heteroatoms. The second kappa shape index (κ2) is 7.22. The highest BCUT2D eigenvalue weighted by Crippen LogP contribution is 2.23. The van der Waals surface area contributed by atoms with E-state index in [2.05, 4.69) is 5.32 Å². The van der Waals surface area contributed by atoms with Crippen molar-refractivity contribution in [3.8, 4) is 5.75 Å². The van der Waals surface area contributed by atoms with Gasteiger partial charge in [0, 0.05) is 25.8 Å². The largest absolute Gasteiger partial charge is 0.486 e. The Morgan fingerprint density at radius 2 is 2.10 bits per heavy atom. The molecule has 1 fully saturated rings. The number of para-hydroxylation sites is 1. The quantitative estimate of drug-likeness (QED) is 0.687. The van der Waals surface area contributed by atoms with Crippen molar-refractivity contribution < 1.29 is 23.0 Å². The molecule has 2 rings (SSSR count). The Labute approximate surface area is 125 Å². The summed E-state index contributed by atoms with van der Waals surface area (Å²) in [5.41, 5.74) is 0.921. The molecule has 0 aromatic heterocycles. The highest BCUT2D eigenvalue weighted by atomic mass is 32.2. The fraction of sp³-hybridized carbons (Fsp3) is 0.571. The summed E-state index contributed by atoms with van der Waals surface area (Å²) in [5.74, 6) is 0.231. The van der Waals surface area contributed by atoms with Gasteiger partial charge in [0.25, 0.3) is 0 Å². The zero-order valence-electron chi connectivity index (χ0n) is 12.0. The number of aliphatic hydroxyl groups excluding tert-OH is 1. The van der Waals surface area contributed by atoms with Crippen molar-refractivity contribution in [2.24, 2.45) is 0 Å². The van der Waals surface area contributed by atoms with Crippen LogP contribution < -0.4 is 10.1 Å². The van der Waals surface area contributed by atoms with Gasteiger partial charge < -0.3 is 19.9 Å². The molecule has 1 aliphatic heterocycles. The second-order valence-corrected chi connectivity index (χ2v) is 7.23. The third kappa shape index (κ3) is 4.67. The van der Waals surface area contributed by atoms with E-state index in [9.17, 15) is 13.5 Å². The zero-order chi connectivity index (χ0) is 15.3. The van der Waals surface area contributed by atoms with Gasteiger partial charge in [0.05, 0.1) is 18.1 Å². The normalized spacial score (nSPS) is 24.1. The van der Waals surface area contributed by atoms with Crippen molar-refractivity contribution in [2.75, 3.05) is 31.8 Å². The van der Waals surface area contributed by atoms with Crippen molar-refractivity contribution in [2.45, 2.75) is 18.8 Å². The van der Waals surface area contributed by atoms with Gasteiger partial charge in [-0.05, 0) is 6.07 Å². The van der Waals surface area contributed by atoms with Gasteiger partial charge in [-0.15, -0.1) is 0 Å². The van der Waals surface area contributed by atoms with Crippen LogP contribution in [-0.2, 0) is 21.1 Å². The minimum Gasteiger partial charge on any atom is -0.486 e. The van der Waals surface area contributed by atoms with Gasteiger partial charge in [-0.2, -0.15) is 0 Å². The minimum absolute atomic E-state index is 0.139. The summed E-state index contributed by atoms with van der Waals surface area (Å²) in [6.07, 6.45) is -1.67. The minimum atomic E-state index is -3.21. The Kier molecular flexibility index (Phi) is 5.58. The first-order valence-electron chi connectivity index (χ1n) is 6.84. The second-order valence-electron chi connectivity index (χ2n) is 5.08. The number of ether oxygens (including phenoxy) is 2. The Bertz CT molecular complexity index is 560. The molecule has 1 heterocycles. The Morgan fingerprint density at radius 1 is 1.33 bits per heavy atom. The SMILES string of the molecule is COCCNCc1ccccc1OC1CS(=O)(=O)CC1O. The van der Waals surface area contributed by atoms with E-state index < -0.39 is 22.0 Å². The lowest BCUT2D eigenvalue weighted by molar-refractivity contribution is 0.0730. The molecule has 21 heavy (non-hydrogen) atoms. The van der Waals surface area contributed by atoms with Gasteiger partial charge in [-0.25, -0.2) is 8.42 Å². The van der Waals surface area contributed by atoms with Gasteiger partial charge in [-0.3, -0.25) is 0 Å². The van der Waals surface area contributed by atoms with Crippen molar-refractivity contribution in [3.05, 3.63) is 29.8 Å². The maximum atomic E-state index is 11.5. The van der Waals surface area contributed by atoms with Gasteiger partial charge in [0.15, 0.2) is 9.84 Å². The highest BCUT2D eigenvalue weighted by Gasteiger charge is 2.38. The Balaban J connectivity index is 2.00. The van der Waals surface area contributed by atoms with Gasteiger partial charge in [0.1, 0.15) is 18.0 Å². The van der Waals surface area contributed by atoms with Gasteiger partial charge >= 0.3 is 0 Å². The molecule has 1 saturated heterocycles. The fourth-order valence-electron chi connectivity index (χ4n) is 2.23. The molecule has 6 nitrogen and oxygen atoms in total. The van der Waals surface area contributed by atoms with Crippen molar-refractivity contribution in [1.29, 1.82) is 0 Å². The van der Waals surface area contributed by atoms with E-state index in [0.717, 1.165) is 5.56 Å². The van der Waals surface area contributed by atoms with E-state index in [4.69, 9.17) is 9.47 Å². The number of rotatable bonds is 7. The summed E-state index contributed by atoms with van der Waals surface area (Å²) in [6, 6.07) is 7.40. The average molecular weight is 315 g/mol. The van der Waals surface area contributed by atoms with Crippen LogP contribution in [0, 0.1) is 0 Å². The maximum absolute atomic E-state index is 11.5. The first-order valence-corrected chi connectivity index (χ1v) is 8.66. The van der Waals surface area contributed by atoms with Crippen LogP contribution in [0.5, 0.6) is 5.75 Å². The van der Waals surface area contributed by atoms with Crippen LogP contribution in [0.25, 0.3) is 0 Å². The molecule has 0 bridgehead atoms. The lowest BCUT2D eigenvalue weighted by Gasteiger charge is -2.18. The van der Waals surface area contributed by atoms with Crippen LogP contribution in [0.15, 0.2) is 24.3 Å². The number of aliphatic hydroxyl groups is 1. The van der Waals surface area contributed by atoms with E-state index in [0.29, 0.717) is 25.4 Å². The van der Waals surface area contributed by atoms with Crippen LogP contribution in [0.2, 0.25) is 0 Å². The van der Waals surface area contributed by atoms with Crippen LogP contribution in [0.1, 0.15) is 5.56 Å². The Hall–Kier alpha value is -1.15. The summed E-state index contributed by atoms with van der Waals surface area (Å²) < 4.78 is 33.7. The lowest BCUT2D eigenvalue weighted by atomic mass is 10.2. The number of sulfone groups is 1. The smallest absolute Gasteiger partial charge is 0.156 e. The summed E-state index contributed by atoms with van der Waals surface area (Å²) in [7, 11) is -1.57. The third-order valence-corrected chi connectivity index (χ3v) is 5.01. The first-order chi connectivity index (χ1) is 10.0. The summed E-state index contributed by atoms with van der Waals surface area (Å²) in [5, 5.41) is 13.0. The molecule has 0 aliphatic carbocycles. The van der Waals surface area contributed by atoms with E-state index >= 15 is 0 Å². The molecule has 1 aromatic carbocycles. The topological polar surface area (TPSA) is 84.9 Å². The number of methoxy groups -OCH3 is 1. The maximum Gasteiger partial charge on any atom is 0.156 e. The van der Waals surface area contributed by atoms with Crippen LogP contribution >= 0.6 is 0 Å². The molecular formula is C14H21NO5S. The summed E-state index contributed by atoms with van der Waals surface area (Å²) in [4.78, 5) is 0. The van der Waals surface area contributed by atoms with E-state index in [1.165, 1.54) is 0 Å². The molecule has 0 radical (unpaired) electrons. The molecule has 2 N–H and O–H groups in total. The Morgan fingerprint density at radius 3 is 2.76 bits per heavy atom. The summed E-state index contributed by atoms with van der Waals surface area (Å²) >= 11 is 0. The van der Waals surface area contributed by atoms with E-state index in [-0.39, 0.29) is 11.5 Å². The van der Waals surface area contributed by atoms with Crippen LogP contribution in [0.4, 0.5) is 0 Å². The first kappa shape index (κ1) is 16.2. The van der Waals surface area contributed by atoms with Crippen LogP contribution in [0.3, 0.4) is 0 Å². The standard InChI is InChI=1S/C14H21NO5S/c1-19-7-6-15-8-11-4-2-3-5-13(11)20-14-10-21(17,18)9-12(14)16/h2-5,12,14-16H,6-10H2,1H3. The molecule has 0 saturated carbocycles. The van der Waals surface area contributed by atoms with Gasteiger partial charge in [0.2, 0.25) is 0 Å². The third-order valence-electron chi connectivity index (χ3n) is 3.32.